The largest absolute Gasteiger partial charge is 0.298 e. The van der Waals surface area contributed by atoms with E-state index in [-0.39, 0.29) is 5.56 Å². The Labute approximate surface area is 141 Å². The molecule has 0 N–H and O–H groups in total. The van der Waals surface area contributed by atoms with E-state index in [1.165, 1.54) is 41.5 Å². The summed E-state index contributed by atoms with van der Waals surface area (Å²) in [5, 5.41) is 9.01. The third-order valence-electron chi connectivity index (χ3n) is 3.40. The van der Waals surface area contributed by atoms with E-state index in [1.54, 1.807) is 30.3 Å². The van der Waals surface area contributed by atoms with Crippen molar-refractivity contribution in [2.24, 2.45) is 0 Å². The fourth-order valence-electron chi connectivity index (χ4n) is 2.07. The second-order valence-corrected chi connectivity index (χ2v) is 5.93. The summed E-state index contributed by atoms with van der Waals surface area (Å²) >= 11 is 1.21. The number of carbonyl (C=O) groups is 2. The van der Waals surface area contributed by atoms with Gasteiger partial charge < -0.3 is 0 Å². The van der Waals surface area contributed by atoms with Crippen molar-refractivity contribution in [3.05, 3.63) is 65.5 Å². The van der Waals surface area contributed by atoms with Crippen LogP contribution < -0.4 is 4.90 Å². The van der Waals surface area contributed by atoms with E-state index in [4.69, 9.17) is 0 Å². The number of amides is 1. The van der Waals surface area contributed by atoms with Gasteiger partial charge in [-0.15, -0.1) is 10.2 Å². The van der Waals surface area contributed by atoms with Crippen LogP contribution in [0.5, 0.6) is 0 Å². The molecular weight excluding hydrogens is 329 g/mol. The molecule has 0 fully saturated rings. The molecule has 0 aliphatic heterocycles. The Morgan fingerprint density at radius 3 is 2.50 bits per heavy atom. The first-order valence-electron chi connectivity index (χ1n) is 7.02. The highest BCUT2D eigenvalue weighted by Gasteiger charge is 2.20. The molecule has 3 rings (SSSR count). The summed E-state index contributed by atoms with van der Waals surface area (Å²) in [6.45, 7) is 0. The van der Waals surface area contributed by atoms with Crippen molar-refractivity contribution < 1.29 is 14.0 Å². The van der Waals surface area contributed by atoms with Crippen molar-refractivity contribution in [3.63, 3.8) is 0 Å². The van der Waals surface area contributed by atoms with Gasteiger partial charge in [-0.05, 0) is 12.1 Å². The molecule has 0 aliphatic carbocycles. The second kappa shape index (κ2) is 6.67. The van der Waals surface area contributed by atoms with Gasteiger partial charge in [0, 0.05) is 18.2 Å². The van der Waals surface area contributed by atoms with Gasteiger partial charge in [-0.3, -0.25) is 14.5 Å². The molecule has 0 atom stereocenters. The normalized spacial score (nSPS) is 10.4. The van der Waals surface area contributed by atoms with Crippen molar-refractivity contribution in [1.82, 2.24) is 10.2 Å². The fourth-order valence-corrected chi connectivity index (χ4v) is 2.88. The maximum Gasteiger partial charge on any atom is 0.262 e. The van der Waals surface area contributed by atoms with Crippen LogP contribution in [-0.2, 0) is 0 Å². The molecule has 2 aromatic carbocycles. The number of halogens is 1. The third kappa shape index (κ3) is 3.07. The average molecular weight is 341 g/mol. The van der Waals surface area contributed by atoms with Crippen molar-refractivity contribution in [3.8, 4) is 10.6 Å². The van der Waals surface area contributed by atoms with Crippen LogP contribution in [-0.4, -0.2) is 29.4 Å². The standard InChI is InChI=1S/C17H12FN3O2S/c1-21(16(23)13-4-2-3-5-14(13)18)17-20-19-15(24-17)12-8-6-11(10-22)7-9-12/h2-10H,1H3. The minimum atomic E-state index is -0.580. The van der Waals surface area contributed by atoms with Crippen molar-refractivity contribution in [2.75, 3.05) is 11.9 Å². The van der Waals surface area contributed by atoms with Gasteiger partial charge in [0.2, 0.25) is 5.13 Å². The first kappa shape index (κ1) is 15.9. The van der Waals surface area contributed by atoms with E-state index in [2.05, 4.69) is 10.2 Å². The van der Waals surface area contributed by atoms with Crippen LogP contribution in [0.3, 0.4) is 0 Å². The van der Waals surface area contributed by atoms with E-state index in [9.17, 15) is 14.0 Å². The molecular formula is C17H12FN3O2S. The summed E-state index contributed by atoms with van der Waals surface area (Å²) in [5.74, 6) is -1.07. The minimum Gasteiger partial charge on any atom is -0.298 e. The molecule has 5 nitrogen and oxygen atoms in total. The van der Waals surface area contributed by atoms with Crippen LogP contribution in [0, 0.1) is 5.82 Å². The molecule has 1 aromatic heterocycles. The Balaban J connectivity index is 1.85. The van der Waals surface area contributed by atoms with Crippen LogP contribution in [0.25, 0.3) is 10.6 Å². The summed E-state index contributed by atoms with van der Waals surface area (Å²) in [6.07, 6.45) is 0.760. The monoisotopic (exact) mass is 341 g/mol. The number of anilines is 1. The zero-order valence-corrected chi connectivity index (χ0v) is 13.5. The number of aldehydes is 1. The van der Waals surface area contributed by atoms with Gasteiger partial charge in [0.05, 0.1) is 5.56 Å². The Morgan fingerprint density at radius 1 is 1.12 bits per heavy atom. The van der Waals surface area contributed by atoms with E-state index in [0.29, 0.717) is 15.7 Å². The van der Waals surface area contributed by atoms with E-state index in [0.717, 1.165) is 11.8 Å². The highest BCUT2D eigenvalue weighted by atomic mass is 32.1. The quantitative estimate of drug-likeness (QED) is 0.682. The van der Waals surface area contributed by atoms with Crippen LogP contribution in [0.2, 0.25) is 0 Å². The average Bonchev–Trinajstić information content (AvgIpc) is 3.11. The molecule has 0 saturated heterocycles. The molecule has 0 bridgehead atoms. The molecule has 1 amide bonds. The van der Waals surface area contributed by atoms with Gasteiger partial charge in [-0.2, -0.15) is 0 Å². The van der Waals surface area contributed by atoms with E-state index < -0.39 is 11.7 Å². The molecule has 7 heteroatoms. The zero-order valence-electron chi connectivity index (χ0n) is 12.6. The lowest BCUT2D eigenvalue weighted by Gasteiger charge is -2.13. The summed E-state index contributed by atoms with van der Waals surface area (Å²) in [7, 11) is 1.52. The van der Waals surface area contributed by atoms with Crippen LogP contribution in [0.15, 0.2) is 48.5 Å². The molecule has 0 radical (unpaired) electrons. The van der Waals surface area contributed by atoms with E-state index in [1.807, 2.05) is 0 Å². The predicted octanol–water partition coefficient (Wildman–Crippen LogP) is 3.43. The SMILES string of the molecule is CN(C(=O)c1ccccc1F)c1nnc(-c2ccc(C=O)cc2)s1. The third-order valence-corrected chi connectivity index (χ3v) is 4.45. The Hall–Kier alpha value is -2.93. The van der Waals surface area contributed by atoms with Crippen molar-refractivity contribution >= 4 is 28.7 Å². The van der Waals surface area contributed by atoms with Crippen LogP contribution in [0.1, 0.15) is 20.7 Å². The topological polar surface area (TPSA) is 63.2 Å². The molecule has 1 heterocycles. The summed E-state index contributed by atoms with van der Waals surface area (Å²) in [4.78, 5) is 24.3. The second-order valence-electron chi connectivity index (χ2n) is 4.97. The number of aromatic nitrogens is 2. The lowest BCUT2D eigenvalue weighted by molar-refractivity contribution is 0.0988. The summed E-state index contributed by atoms with van der Waals surface area (Å²) < 4.78 is 13.7. The molecule has 0 aliphatic rings. The molecule has 0 saturated carbocycles. The Kier molecular flexibility index (Phi) is 4.43. The Morgan fingerprint density at radius 2 is 1.83 bits per heavy atom. The van der Waals surface area contributed by atoms with Crippen molar-refractivity contribution in [2.45, 2.75) is 0 Å². The van der Waals surface area contributed by atoms with Gasteiger partial charge in [-0.25, -0.2) is 4.39 Å². The minimum absolute atomic E-state index is 0.0212. The highest BCUT2D eigenvalue weighted by Crippen LogP contribution is 2.29. The highest BCUT2D eigenvalue weighted by molar-refractivity contribution is 7.18. The first-order valence-corrected chi connectivity index (χ1v) is 7.83. The molecule has 120 valence electrons. The number of carbonyl (C=O) groups excluding carboxylic acids is 2. The predicted molar refractivity (Wildman–Crippen MR) is 89.9 cm³/mol. The summed E-state index contributed by atoms with van der Waals surface area (Å²) in [6, 6.07) is 12.7. The molecule has 0 unspecified atom stereocenters. The van der Waals surface area contributed by atoms with Gasteiger partial charge >= 0.3 is 0 Å². The number of benzene rings is 2. The number of hydrogen-bond acceptors (Lipinski definition) is 5. The Bertz CT molecular complexity index is 893. The lowest BCUT2D eigenvalue weighted by Crippen LogP contribution is -2.26. The van der Waals surface area contributed by atoms with Crippen LogP contribution in [0.4, 0.5) is 9.52 Å². The van der Waals surface area contributed by atoms with Gasteiger partial charge in [-0.1, -0.05) is 47.7 Å². The smallest absolute Gasteiger partial charge is 0.262 e. The molecule has 24 heavy (non-hydrogen) atoms. The van der Waals surface area contributed by atoms with Crippen molar-refractivity contribution in [1.29, 1.82) is 0 Å². The van der Waals surface area contributed by atoms with Gasteiger partial charge in [0.15, 0.2) is 0 Å². The lowest BCUT2D eigenvalue weighted by atomic mass is 10.2. The zero-order chi connectivity index (χ0) is 17.1. The van der Waals surface area contributed by atoms with E-state index >= 15 is 0 Å². The molecule has 3 aromatic rings. The maximum absolute atomic E-state index is 13.7. The van der Waals surface area contributed by atoms with Gasteiger partial charge in [0.25, 0.3) is 5.91 Å². The first-order chi connectivity index (χ1) is 11.6. The number of nitrogens with zero attached hydrogens (tertiary/aromatic N) is 3. The number of rotatable bonds is 4. The number of hydrogen-bond donors (Lipinski definition) is 0. The van der Waals surface area contributed by atoms with Gasteiger partial charge in [0.1, 0.15) is 17.1 Å². The summed E-state index contributed by atoms with van der Waals surface area (Å²) in [5.41, 5.74) is 1.33. The maximum atomic E-state index is 13.7. The fraction of sp³-hybridized carbons (Fsp3) is 0.0588. The van der Waals surface area contributed by atoms with Crippen LogP contribution >= 0.6 is 11.3 Å². The molecule has 0 spiro atoms.